The van der Waals surface area contributed by atoms with Crippen LogP contribution in [0.15, 0.2) is 84.9 Å². The maximum absolute atomic E-state index is 12.7. The second-order valence-electron chi connectivity index (χ2n) is 8.99. The van der Waals surface area contributed by atoms with E-state index in [4.69, 9.17) is 0 Å². The molecule has 1 heterocycles. The van der Waals surface area contributed by atoms with Crippen LogP contribution in [0.5, 0.6) is 0 Å². The quantitative estimate of drug-likeness (QED) is 0.429. The number of amides is 3. The van der Waals surface area contributed by atoms with Crippen molar-refractivity contribution in [1.29, 1.82) is 0 Å². The van der Waals surface area contributed by atoms with Gasteiger partial charge in [-0.3, -0.25) is 19.3 Å². The van der Waals surface area contributed by atoms with Gasteiger partial charge in [-0.2, -0.15) is 0 Å². The Kier molecular flexibility index (Phi) is 8.83. The second-order valence-corrected chi connectivity index (χ2v) is 8.99. The molecule has 0 atom stereocenters. The number of hydrogen-bond donors (Lipinski definition) is 3. The zero-order valence-electron chi connectivity index (χ0n) is 20.3. The van der Waals surface area contributed by atoms with Crippen LogP contribution >= 0.6 is 0 Å². The van der Waals surface area contributed by atoms with Crippen LogP contribution in [0.4, 0.5) is 11.4 Å². The minimum Gasteiger partial charge on any atom is -0.352 e. The highest BCUT2D eigenvalue weighted by Gasteiger charge is 2.26. The van der Waals surface area contributed by atoms with Crippen molar-refractivity contribution in [3.63, 3.8) is 0 Å². The number of para-hydroxylation sites is 2. The third-order valence-electron chi connectivity index (χ3n) is 6.35. The molecular weight excluding hydrogens is 452 g/mol. The van der Waals surface area contributed by atoms with E-state index in [1.165, 1.54) is 0 Å². The highest BCUT2D eigenvalue weighted by atomic mass is 16.2. The molecule has 0 saturated carbocycles. The molecule has 186 valence electrons. The van der Waals surface area contributed by atoms with Gasteiger partial charge in [0.25, 0.3) is 5.91 Å². The van der Waals surface area contributed by atoms with Crippen LogP contribution in [0.2, 0.25) is 0 Å². The minimum absolute atomic E-state index is 0.0255. The Bertz CT molecular complexity index is 1160. The lowest BCUT2D eigenvalue weighted by Crippen LogP contribution is -2.42. The first-order valence-corrected chi connectivity index (χ1v) is 12.4. The molecule has 1 fully saturated rings. The van der Waals surface area contributed by atoms with Gasteiger partial charge in [0.1, 0.15) is 0 Å². The van der Waals surface area contributed by atoms with Gasteiger partial charge in [-0.1, -0.05) is 60.7 Å². The smallest absolute Gasteiger partial charge is 0.253 e. The van der Waals surface area contributed by atoms with Crippen molar-refractivity contribution in [3.8, 4) is 0 Å². The Morgan fingerprint density at radius 3 is 2.14 bits per heavy atom. The SMILES string of the molecule is O=C(CN1CCC(C(=O)Nc2ccccc2)CC1)Nc1ccccc1C(=O)NCCc1ccccc1. The Labute approximate surface area is 211 Å². The third-order valence-corrected chi connectivity index (χ3v) is 6.35. The third kappa shape index (κ3) is 7.26. The summed E-state index contributed by atoms with van der Waals surface area (Å²) in [6, 6.07) is 26.5. The Morgan fingerprint density at radius 1 is 0.778 bits per heavy atom. The Balaban J connectivity index is 1.23. The summed E-state index contributed by atoms with van der Waals surface area (Å²) in [5.41, 5.74) is 2.89. The lowest BCUT2D eigenvalue weighted by Gasteiger charge is -2.30. The van der Waals surface area contributed by atoms with Crippen LogP contribution in [0, 0.1) is 5.92 Å². The van der Waals surface area contributed by atoms with Gasteiger partial charge in [0.2, 0.25) is 11.8 Å². The van der Waals surface area contributed by atoms with Gasteiger partial charge in [0, 0.05) is 18.2 Å². The highest BCUT2D eigenvalue weighted by Crippen LogP contribution is 2.20. The van der Waals surface area contributed by atoms with Crippen LogP contribution in [-0.4, -0.2) is 48.8 Å². The van der Waals surface area contributed by atoms with Crippen LogP contribution < -0.4 is 16.0 Å². The summed E-state index contributed by atoms with van der Waals surface area (Å²) in [6.45, 7) is 2.07. The van der Waals surface area contributed by atoms with E-state index in [0.29, 0.717) is 43.7 Å². The topological polar surface area (TPSA) is 90.5 Å². The number of nitrogens with one attached hydrogen (secondary N) is 3. The molecule has 3 aromatic rings. The van der Waals surface area contributed by atoms with Crippen molar-refractivity contribution in [2.45, 2.75) is 19.3 Å². The molecule has 7 nitrogen and oxygen atoms in total. The minimum atomic E-state index is -0.216. The van der Waals surface area contributed by atoms with Crippen LogP contribution in [0.3, 0.4) is 0 Å². The van der Waals surface area contributed by atoms with E-state index < -0.39 is 0 Å². The molecule has 0 radical (unpaired) electrons. The van der Waals surface area contributed by atoms with Crippen molar-refractivity contribution in [1.82, 2.24) is 10.2 Å². The second kappa shape index (κ2) is 12.7. The summed E-state index contributed by atoms with van der Waals surface area (Å²) in [4.78, 5) is 40.1. The monoisotopic (exact) mass is 484 g/mol. The summed E-state index contributed by atoms with van der Waals surface area (Å²) < 4.78 is 0. The molecule has 0 aliphatic carbocycles. The molecular formula is C29H32N4O3. The lowest BCUT2D eigenvalue weighted by molar-refractivity contribution is -0.121. The first-order chi connectivity index (χ1) is 17.6. The highest BCUT2D eigenvalue weighted by molar-refractivity contribution is 6.04. The summed E-state index contributed by atoms with van der Waals surface area (Å²) in [5, 5.41) is 8.80. The largest absolute Gasteiger partial charge is 0.352 e. The molecule has 0 aromatic heterocycles. The number of carbonyl (C=O) groups is 3. The van der Waals surface area contributed by atoms with Crippen molar-refractivity contribution >= 4 is 29.1 Å². The summed E-state index contributed by atoms with van der Waals surface area (Å²) in [7, 11) is 0. The zero-order chi connectivity index (χ0) is 25.2. The number of hydrogen-bond acceptors (Lipinski definition) is 4. The molecule has 1 saturated heterocycles. The molecule has 0 unspecified atom stereocenters. The van der Waals surface area contributed by atoms with E-state index in [-0.39, 0.29) is 30.2 Å². The fourth-order valence-corrected chi connectivity index (χ4v) is 4.36. The number of nitrogens with zero attached hydrogens (tertiary/aromatic N) is 1. The van der Waals surface area contributed by atoms with Gasteiger partial charge >= 0.3 is 0 Å². The molecule has 36 heavy (non-hydrogen) atoms. The zero-order valence-corrected chi connectivity index (χ0v) is 20.3. The normalized spacial score (nSPS) is 14.1. The van der Waals surface area contributed by atoms with Crippen molar-refractivity contribution in [2.24, 2.45) is 5.92 Å². The van der Waals surface area contributed by atoms with E-state index in [1.54, 1.807) is 24.3 Å². The number of likely N-dealkylation sites (tertiary alicyclic amines) is 1. The Morgan fingerprint density at radius 2 is 1.42 bits per heavy atom. The molecule has 7 heteroatoms. The first kappa shape index (κ1) is 25.1. The van der Waals surface area contributed by atoms with Gasteiger partial charge in [0.15, 0.2) is 0 Å². The van der Waals surface area contributed by atoms with Crippen molar-refractivity contribution < 1.29 is 14.4 Å². The lowest BCUT2D eigenvalue weighted by atomic mass is 9.96. The molecule has 0 bridgehead atoms. The first-order valence-electron chi connectivity index (χ1n) is 12.4. The summed E-state index contributed by atoms with van der Waals surface area (Å²) >= 11 is 0. The fraction of sp³-hybridized carbons (Fsp3) is 0.276. The molecule has 1 aliphatic rings. The van der Waals surface area contributed by atoms with Gasteiger partial charge in [-0.15, -0.1) is 0 Å². The van der Waals surface area contributed by atoms with E-state index in [9.17, 15) is 14.4 Å². The van der Waals surface area contributed by atoms with Crippen LogP contribution in [0.1, 0.15) is 28.8 Å². The number of carbonyl (C=O) groups excluding carboxylic acids is 3. The van der Waals surface area contributed by atoms with E-state index >= 15 is 0 Å². The predicted molar refractivity (Wildman–Crippen MR) is 142 cm³/mol. The van der Waals surface area contributed by atoms with E-state index in [1.807, 2.05) is 65.6 Å². The average molecular weight is 485 g/mol. The van der Waals surface area contributed by atoms with Gasteiger partial charge < -0.3 is 16.0 Å². The summed E-state index contributed by atoms with van der Waals surface area (Å²) in [5.74, 6) is -0.430. The molecule has 3 amide bonds. The molecule has 3 N–H and O–H groups in total. The van der Waals surface area contributed by atoms with Crippen LogP contribution in [0.25, 0.3) is 0 Å². The fourth-order valence-electron chi connectivity index (χ4n) is 4.36. The van der Waals surface area contributed by atoms with Gasteiger partial charge in [-0.25, -0.2) is 0 Å². The van der Waals surface area contributed by atoms with Crippen LogP contribution in [-0.2, 0) is 16.0 Å². The maximum Gasteiger partial charge on any atom is 0.253 e. The number of piperidine rings is 1. The van der Waals surface area contributed by atoms with Crippen molar-refractivity contribution in [2.75, 3.05) is 36.8 Å². The van der Waals surface area contributed by atoms with E-state index in [2.05, 4.69) is 16.0 Å². The summed E-state index contributed by atoms with van der Waals surface area (Å²) in [6.07, 6.45) is 2.14. The average Bonchev–Trinajstić information content (AvgIpc) is 2.90. The van der Waals surface area contributed by atoms with Gasteiger partial charge in [0.05, 0.1) is 17.8 Å². The number of anilines is 2. The number of rotatable bonds is 9. The molecule has 0 spiro atoms. The Hall–Kier alpha value is -3.97. The molecule has 4 rings (SSSR count). The van der Waals surface area contributed by atoms with Gasteiger partial charge in [-0.05, 0) is 62.2 Å². The van der Waals surface area contributed by atoms with Crippen molar-refractivity contribution in [3.05, 3.63) is 96.1 Å². The maximum atomic E-state index is 12.7. The number of benzene rings is 3. The standard InChI is InChI=1S/C29H32N4O3/c34-27(21-33-19-16-23(17-20-33)28(35)31-24-11-5-2-6-12-24)32-26-14-8-7-13-25(26)29(36)30-18-15-22-9-3-1-4-10-22/h1-14,23H,15-21H2,(H,30,36)(H,31,35)(H,32,34). The van der Waals surface area contributed by atoms with E-state index in [0.717, 1.165) is 17.7 Å². The predicted octanol–water partition coefficient (Wildman–Crippen LogP) is 3.95. The molecule has 3 aromatic carbocycles. The molecule has 1 aliphatic heterocycles.